The number of hydrogen-bond donors (Lipinski definition) is 2. The van der Waals surface area contributed by atoms with E-state index < -0.39 is 12.1 Å². The lowest BCUT2D eigenvalue weighted by Gasteiger charge is -2.21. The number of aromatic carboxylic acids is 1. The van der Waals surface area contributed by atoms with Crippen LogP contribution in [0.2, 0.25) is 0 Å². The van der Waals surface area contributed by atoms with Gasteiger partial charge in [-0.1, -0.05) is 0 Å². The number of aliphatic hydroxyl groups is 1. The zero-order valence-corrected chi connectivity index (χ0v) is 10.8. The third-order valence-corrected chi connectivity index (χ3v) is 2.54. The second-order valence-corrected chi connectivity index (χ2v) is 4.10. The Morgan fingerprint density at radius 1 is 1.56 bits per heavy atom. The number of methoxy groups -OCH3 is 1. The Kier molecular flexibility index (Phi) is 5.06. The van der Waals surface area contributed by atoms with Crippen molar-refractivity contribution >= 4 is 11.8 Å². The molecule has 0 aliphatic carbocycles. The molecular weight excluding hydrogens is 236 g/mol. The van der Waals surface area contributed by atoms with Crippen molar-refractivity contribution in [3.63, 3.8) is 0 Å². The fraction of sp³-hybridized carbons (Fsp3) is 0.500. The minimum atomic E-state index is -0.992. The van der Waals surface area contributed by atoms with Gasteiger partial charge in [0.15, 0.2) is 0 Å². The van der Waals surface area contributed by atoms with Crippen LogP contribution in [0.15, 0.2) is 12.1 Å². The topological polar surface area (TPSA) is 82.9 Å². The summed E-state index contributed by atoms with van der Waals surface area (Å²) in [6.07, 6.45) is -0.610. The molecule has 0 bridgehead atoms. The van der Waals surface area contributed by atoms with Crippen molar-refractivity contribution in [2.45, 2.75) is 13.0 Å². The molecule has 0 aliphatic heterocycles. The van der Waals surface area contributed by atoms with Gasteiger partial charge in [0.2, 0.25) is 0 Å². The van der Waals surface area contributed by atoms with E-state index in [2.05, 4.69) is 4.98 Å². The number of hydrogen-bond acceptors (Lipinski definition) is 5. The molecule has 0 aliphatic rings. The summed E-state index contributed by atoms with van der Waals surface area (Å²) in [5, 5.41) is 18.5. The fourth-order valence-corrected chi connectivity index (χ4v) is 1.64. The maximum absolute atomic E-state index is 10.9. The summed E-state index contributed by atoms with van der Waals surface area (Å²) in [5.41, 5.74) is 0.637. The quantitative estimate of drug-likeness (QED) is 0.770. The van der Waals surface area contributed by atoms with E-state index in [0.717, 1.165) is 0 Å². The van der Waals surface area contributed by atoms with E-state index in [-0.39, 0.29) is 12.2 Å². The monoisotopic (exact) mass is 254 g/mol. The number of pyridine rings is 1. The van der Waals surface area contributed by atoms with Gasteiger partial charge in [0, 0.05) is 20.7 Å². The van der Waals surface area contributed by atoms with Gasteiger partial charge in [-0.2, -0.15) is 0 Å². The second-order valence-electron chi connectivity index (χ2n) is 4.10. The third kappa shape index (κ3) is 3.68. The van der Waals surface area contributed by atoms with Gasteiger partial charge in [-0.05, 0) is 19.1 Å². The lowest BCUT2D eigenvalue weighted by Crippen LogP contribution is -2.32. The molecule has 1 unspecified atom stereocenters. The summed E-state index contributed by atoms with van der Waals surface area (Å²) in [6, 6.07) is 3.13. The predicted molar refractivity (Wildman–Crippen MR) is 67.1 cm³/mol. The molecule has 1 rings (SSSR count). The van der Waals surface area contributed by atoms with E-state index >= 15 is 0 Å². The number of aromatic nitrogens is 1. The third-order valence-electron chi connectivity index (χ3n) is 2.54. The minimum absolute atomic E-state index is 0.185. The number of nitrogens with zero attached hydrogens (tertiary/aromatic N) is 2. The molecule has 0 saturated carbocycles. The van der Waals surface area contributed by atoms with Crippen molar-refractivity contribution in [1.82, 2.24) is 4.98 Å². The van der Waals surface area contributed by atoms with Crippen LogP contribution in [0.25, 0.3) is 0 Å². The summed E-state index contributed by atoms with van der Waals surface area (Å²) in [4.78, 5) is 16.8. The first-order valence-electron chi connectivity index (χ1n) is 5.54. The summed E-state index contributed by atoms with van der Waals surface area (Å²) in [7, 11) is 3.30. The van der Waals surface area contributed by atoms with Crippen molar-refractivity contribution < 1.29 is 19.7 Å². The first kappa shape index (κ1) is 14.4. The molecule has 2 N–H and O–H groups in total. The number of likely N-dealkylation sites (N-methyl/N-ethyl adjacent to an activating group) is 1. The number of aryl methyl sites for hydroxylation is 1. The Hall–Kier alpha value is -1.66. The largest absolute Gasteiger partial charge is 0.478 e. The molecule has 18 heavy (non-hydrogen) atoms. The van der Waals surface area contributed by atoms with Crippen LogP contribution in [0.3, 0.4) is 0 Å². The van der Waals surface area contributed by atoms with Gasteiger partial charge in [0.1, 0.15) is 5.82 Å². The molecule has 1 heterocycles. The Bertz CT molecular complexity index is 423. The van der Waals surface area contributed by atoms with E-state index in [1.807, 2.05) is 0 Å². The van der Waals surface area contributed by atoms with Gasteiger partial charge in [-0.25, -0.2) is 9.78 Å². The Labute approximate surface area is 106 Å². The maximum Gasteiger partial charge on any atom is 0.337 e. The normalized spacial score (nSPS) is 12.2. The molecule has 0 fully saturated rings. The van der Waals surface area contributed by atoms with Gasteiger partial charge in [0.25, 0.3) is 0 Å². The Balaban J connectivity index is 2.78. The van der Waals surface area contributed by atoms with Crippen LogP contribution in [-0.4, -0.2) is 54.6 Å². The van der Waals surface area contributed by atoms with Crippen LogP contribution in [0, 0.1) is 6.92 Å². The molecule has 100 valence electrons. The van der Waals surface area contributed by atoms with Gasteiger partial charge in [0.05, 0.1) is 24.0 Å². The number of anilines is 1. The zero-order valence-electron chi connectivity index (χ0n) is 10.8. The lowest BCUT2D eigenvalue weighted by molar-refractivity contribution is 0.0689. The highest BCUT2D eigenvalue weighted by Crippen LogP contribution is 2.14. The molecule has 1 atom stereocenters. The highest BCUT2D eigenvalue weighted by atomic mass is 16.5. The average molecular weight is 254 g/mol. The molecule has 0 radical (unpaired) electrons. The number of carbonyl (C=O) groups is 1. The Morgan fingerprint density at radius 2 is 2.22 bits per heavy atom. The summed E-state index contributed by atoms with van der Waals surface area (Å²) in [5.74, 6) is -0.374. The highest BCUT2D eigenvalue weighted by Gasteiger charge is 2.13. The van der Waals surface area contributed by atoms with E-state index in [0.29, 0.717) is 18.1 Å². The first-order valence-corrected chi connectivity index (χ1v) is 5.54. The molecule has 6 heteroatoms. The molecule has 0 spiro atoms. The fourth-order valence-electron chi connectivity index (χ4n) is 1.64. The van der Waals surface area contributed by atoms with Gasteiger partial charge >= 0.3 is 5.97 Å². The van der Waals surface area contributed by atoms with Crippen LogP contribution < -0.4 is 4.90 Å². The van der Waals surface area contributed by atoms with E-state index in [4.69, 9.17) is 9.84 Å². The van der Waals surface area contributed by atoms with E-state index in [9.17, 15) is 9.90 Å². The number of carboxylic acids is 1. The molecule has 0 saturated heterocycles. The van der Waals surface area contributed by atoms with E-state index in [1.165, 1.54) is 13.2 Å². The zero-order chi connectivity index (χ0) is 13.7. The van der Waals surface area contributed by atoms with Crippen molar-refractivity contribution in [2.24, 2.45) is 0 Å². The maximum atomic E-state index is 10.9. The number of aliphatic hydroxyl groups excluding tert-OH is 1. The van der Waals surface area contributed by atoms with Crippen LogP contribution in [-0.2, 0) is 4.74 Å². The summed E-state index contributed by atoms with van der Waals surface area (Å²) >= 11 is 0. The van der Waals surface area contributed by atoms with Gasteiger partial charge < -0.3 is 19.8 Å². The molecule has 1 aromatic rings. The van der Waals surface area contributed by atoms with Crippen molar-refractivity contribution in [3.8, 4) is 0 Å². The molecular formula is C12H18N2O4. The van der Waals surface area contributed by atoms with Gasteiger partial charge in [-0.3, -0.25) is 0 Å². The standard InChI is InChI=1S/C12H18N2O4/c1-8-10(12(16)17)4-5-11(13-8)14(2)6-9(15)7-18-3/h4-5,9,15H,6-7H2,1-3H3,(H,16,17). The summed E-state index contributed by atoms with van der Waals surface area (Å²) < 4.78 is 4.84. The highest BCUT2D eigenvalue weighted by molar-refractivity contribution is 5.89. The van der Waals surface area contributed by atoms with Crippen LogP contribution in [0.4, 0.5) is 5.82 Å². The van der Waals surface area contributed by atoms with Crippen LogP contribution >= 0.6 is 0 Å². The van der Waals surface area contributed by atoms with Crippen molar-refractivity contribution in [2.75, 3.05) is 32.2 Å². The number of ether oxygens (including phenoxy) is 1. The number of rotatable bonds is 6. The lowest BCUT2D eigenvalue weighted by atomic mass is 10.2. The van der Waals surface area contributed by atoms with Crippen molar-refractivity contribution in [3.05, 3.63) is 23.4 Å². The van der Waals surface area contributed by atoms with Crippen LogP contribution in [0.5, 0.6) is 0 Å². The second kappa shape index (κ2) is 6.32. The first-order chi connectivity index (χ1) is 8.45. The van der Waals surface area contributed by atoms with Gasteiger partial charge in [-0.15, -0.1) is 0 Å². The molecule has 0 aromatic carbocycles. The average Bonchev–Trinajstić information content (AvgIpc) is 2.28. The molecule has 6 nitrogen and oxygen atoms in total. The molecule has 1 aromatic heterocycles. The van der Waals surface area contributed by atoms with Crippen LogP contribution in [0.1, 0.15) is 16.1 Å². The smallest absolute Gasteiger partial charge is 0.337 e. The Morgan fingerprint density at radius 3 is 2.72 bits per heavy atom. The molecule has 0 amide bonds. The van der Waals surface area contributed by atoms with Crippen molar-refractivity contribution in [1.29, 1.82) is 0 Å². The number of carboxylic acid groups (broad SMARTS) is 1. The minimum Gasteiger partial charge on any atom is -0.478 e. The summed E-state index contributed by atoms with van der Waals surface area (Å²) in [6.45, 7) is 2.26. The van der Waals surface area contributed by atoms with E-state index in [1.54, 1.807) is 24.9 Å². The predicted octanol–water partition coefficient (Wildman–Crippen LogP) is 0.532. The SMILES string of the molecule is COCC(O)CN(C)c1ccc(C(=O)O)c(C)n1.